The van der Waals surface area contributed by atoms with Crippen molar-refractivity contribution in [3.8, 4) is 0 Å². The average molecular weight is 332 g/mol. The van der Waals surface area contributed by atoms with Crippen molar-refractivity contribution in [1.29, 1.82) is 0 Å². The molecule has 1 aromatic carbocycles. The van der Waals surface area contributed by atoms with Gasteiger partial charge in [0.2, 0.25) is 11.8 Å². The number of anilines is 1. The summed E-state index contributed by atoms with van der Waals surface area (Å²) in [5, 5.41) is 3.00. The summed E-state index contributed by atoms with van der Waals surface area (Å²) in [5.41, 5.74) is 0.845. The number of ether oxygens (including phenoxy) is 1. The van der Waals surface area contributed by atoms with Crippen molar-refractivity contribution < 1.29 is 19.1 Å². The monoisotopic (exact) mass is 332 g/mol. The molecule has 0 spiro atoms. The molecule has 130 valence electrons. The summed E-state index contributed by atoms with van der Waals surface area (Å²) in [4.78, 5) is 37.2. The van der Waals surface area contributed by atoms with E-state index in [1.54, 1.807) is 24.3 Å². The Labute approximate surface area is 142 Å². The molecule has 0 saturated heterocycles. The predicted molar refractivity (Wildman–Crippen MR) is 90.8 cm³/mol. The number of benzene rings is 1. The van der Waals surface area contributed by atoms with Crippen LogP contribution in [0.5, 0.6) is 0 Å². The maximum absolute atomic E-state index is 12.3. The molecule has 1 aliphatic carbocycles. The van der Waals surface area contributed by atoms with Crippen molar-refractivity contribution in [2.45, 2.75) is 45.1 Å². The van der Waals surface area contributed by atoms with E-state index in [9.17, 15) is 14.4 Å². The van der Waals surface area contributed by atoms with Gasteiger partial charge in [-0.15, -0.1) is 0 Å². The first-order valence-corrected chi connectivity index (χ1v) is 8.27. The topological polar surface area (TPSA) is 75.7 Å². The fourth-order valence-corrected chi connectivity index (χ4v) is 2.97. The lowest BCUT2D eigenvalue weighted by Crippen LogP contribution is -2.44. The number of nitrogens with one attached hydrogen (secondary N) is 1. The Hall–Kier alpha value is -2.37. The predicted octanol–water partition coefficient (Wildman–Crippen LogP) is 2.28. The molecule has 1 fully saturated rings. The fourth-order valence-electron chi connectivity index (χ4n) is 2.97. The van der Waals surface area contributed by atoms with Crippen LogP contribution in [-0.2, 0) is 14.3 Å². The molecule has 1 aliphatic rings. The second kappa shape index (κ2) is 8.47. The van der Waals surface area contributed by atoms with E-state index in [0.717, 1.165) is 25.7 Å². The minimum Gasteiger partial charge on any atom is -0.465 e. The molecule has 0 aromatic heterocycles. The molecular formula is C18H24N2O4. The molecule has 2 rings (SSSR count). The van der Waals surface area contributed by atoms with E-state index in [1.165, 1.54) is 25.4 Å². The Kier molecular flexibility index (Phi) is 6.35. The van der Waals surface area contributed by atoms with Crippen LogP contribution in [0.3, 0.4) is 0 Å². The van der Waals surface area contributed by atoms with Gasteiger partial charge in [-0.2, -0.15) is 0 Å². The highest BCUT2D eigenvalue weighted by Gasteiger charge is 2.20. The highest BCUT2D eigenvalue weighted by Crippen LogP contribution is 2.19. The number of hydrogen-bond donors (Lipinski definition) is 1. The zero-order chi connectivity index (χ0) is 17.5. The molecule has 0 unspecified atom stereocenters. The van der Waals surface area contributed by atoms with Crippen molar-refractivity contribution in [2.75, 3.05) is 18.6 Å². The number of carbonyl (C=O) groups is 3. The van der Waals surface area contributed by atoms with Crippen LogP contribution in [0.4, 0.5) is 5.69 Å². The molecule has 1 saturated carbocycles. The van der Waals surface area contributed by atoms with Crippen LogP contribution >= 0.6 is 0 Å². The van der Waals surface area contributed by atoms with Gasteiger partial charge in [-0.05, 0) is 31.0 Å². The third kappa shape index (κ3) is 4.81. The Morgan fingerprint density at radius 2 is 1.92 bits per heavy atom. The van der Waals surface area contributed by atoms with Crippen LogP contribution in [0.1, 0.15) is 49.4 Å². The van der Waals surface area contributed by atoms with Crippen molar-refractivity contribution in [1.82, 2.24) is 5.32 Å². The number of carbonyl (C=O) groups excluding carboxylic acids is 3. The summed E-state index contributed by atoms with van der Waals surface area (Å²) < 4.78 is 4.69. The number of amides is 2. The van der Waals surface area contributed by atoms with Crippen molar-refractivity contribution in [3.05, 3.63) is 29.8 Å². The van der Waals surface area contributed by atoms with Gasteiger partial charge in [-0.25, -0.2) is 4.79 Å². The molecule has 0 bridgehead atoms. The Morgan fingerprint density at radius 1 is 1.21 bits per heavy atom. The summed E-state index contributed by atoms with van der Waals surface area (Å²) in [6, 6.07) is 6.72. The molecule has 6 heteroatoms. The number of esters is 1. The molecule has 0 aliphatic heterocycles. The summed E-state index contributed by atoms with van der Waals surface area (Å²) in [6.45, 7) is 1.34. The van der Waals surface area contributed by atoms with Gasteiger partial charge in [0.25, 0.3) is 0 Å². The van der Waals surface area contributed by atoms with E-state index < -0.39 is 5.97 Å². The van der Waals surface area contributed by atoms with E-state index in [4.69, 9.17) is 4.74 Å². The van der Waals surface area contributed by atoms with Crippen molar-refractivity contribution in [2.24, 2.45) is 0 Å². The molecule has 1 aromatic rings. The Balaban J connectivity index is 2.07. The highest BCUT2D eigenvalue weighted by atomic mass is 16.5. The van der Waals surface area contributed by atoms with E-state index in [-0.39, 0.29) is 24.4 Å². The third-order valence-electron chi connectivity index (χ3n) is 4.23. The number of nitrogens with zero attached hydrogens (tertiary/aromatic N) is 1. The van der Waals surface area contributed by atoms with Crippen LogP contribution in [0.25, 0.3) is 0 Å². The van der Waals surface area contributed by atoms with E-state index in [2.05, 4.69) is 5.32 Å². The van der Waals surface area contributed by atoms with Gasteiger partial charge < -0.3 is 15.0 Å². The van der Waals surface area contributed by atoms with Crippen LogP contribution in [0.15, 0.2) is 24.3 Å². The van der Waals surface area contributed by atoms with E-state index >= 15 is 0 Å². The largest absolute Gasteiger partial charge is 0.465 e. The summed E-state index contributed by atoms with van der Waals surface area (Å²) in [7, 11) is 1.30. The van der Waals surface area contributed by atoms with Crippen molar-refractivity contribution in [3.63, 3.8) is 0 Å². The van der Waals surface area contributed by atoms with E-state index in [1.807, 2.05) is 0 Å². The van der Waals surface area contributed by atoms with Crippen LogP contribution in [0.2, 0.25) is 0 Å². The molecular weight excluding hydrogens is 308 g/mol. The van der Waals surface area contributed by atoms with Gasteiger partial charge in [-0.1, -0.05) is 25.3 Å². The van der Waals surface area contributed by atoms with Gasteiger partial charge in [0.05, 0.1) is 12.7 Å². The molecule has 2 amide bonds. The average Bonchev–Trinajstić information content (AvgIpc) is 2.59. The quantitative estimate of drug-likeness (QED) is 0.839. The first-order valence-electron chi connectivity index (χ1n) is 8.27. The van der Waals surface area contributed by atoms with Crippen molar-refractivity contribution >= 4 is 23.5 Å². The van der Waals surface area contributed by atoms with Gasteiger partial charge in [0.1, 0.15) is 6.54 Å². The number of hydrogen-bond acceptors (Lipinski definition) is 4. The maximum atomic E-state index is 12.3. The second-order valence-electron chi connectivity index (χ2n) is 6.05. The highest BCUT2D eigenvalue weighted by molar-refractivity contribution is 5.99. The third-order valence-corrected chi connectivity index (χ3v) is 4.23. The minimum atomic E-state index is -0.480. The Morgan fingerprint density at radius 3 is 2.54 bits per heavy atom. The SMILES string of the molecule is COC(=O)c1cccc(N(CC(=O)NC2CCCCC2)C(C)=O)c1. The molecule has 0 radical (unpaired) electrons. The summed E-state index contributed by atoms with van der Waals surface area (Å²) in [5.74, 6) is -0.914. The lowest BCUT2D eigenvalue weighted by molar-refractivity contribution is -0.123. The first kappa shape index (κ1) is 18.0. The summed E-state index contributed by atoms with van der Waals surface area (Å²) >= 11 is 0. The smallest absolute Gasteiger partial charge is 0.337 e. The molecule has 0 heterocycles. The molecule has 1 N–H and O–H groups in total. The van der Waals surface area contributed by atoms with Gasteiger partial charge >= 0.3 is 5.97 Å². The summed E-state index contributed by atoms with van der Waals surface area (Å²) in [6.07, 6.45) is 5.45. The second-order valence-corrected chi connectivity index (χ2v) is 6.05. The lowest BCUT2D eigenvalue weighted by Gasteiger charge is -2.25. The normalized spacial score (nSPS) is 14.8. The van der Waals surface area contributed by atoms with Crippen LogP contribution in [-0.4, -0.2) is 37.5 Å². The molecule has 24 heavy (non-hydrogen) atoms. The zero-order valence-corrected chi connectivity index (χ0v) is 14.2. The van der Waals surface area contributed by atoms with E-state index in [0.29, 0.717) is 11.3 Å². The van der Waals surface area contributed by atoms with Crippen LogP contribution in [0, 0.1) is 0 Å². The Bertz CT molecular complexity index is 609. The maximum Gasteiger partial charge on any atom is 0.337 e. The van der Waals surface area contributed by atoms with Gasteiger partial charge in [0, 0.05) is 18.7 Å². The number of methoxy groups -OCH3 is 1. The fraction of sp³-hybridized carbons (Fsp3) is 0.500. The molecule has 6 nitrogen and oxygen atoms in total. The minimum absolute atomic E-state index is 0.0591. The standard InChI is InChI=1S/C18H24N2O4/c1-13(21)20(12-17(22)19-15-8-4-3-5-9-15)16-10-6-7-14(11-16)18(23)24-2/h6-7,10-11,15H,3-5,8-9,12H2,1-2H3,(H,19,22). The molecule has 0 atom stereocenters. The van der Waals surface area contributed by atoms with Crippen LogP contribution < -0.4 is 10.2 Å². The lowest BCUT2D eigenvalue weighted by atomic mass is 9.95. The number of rotatable bonds is 5. The van der Waals surface area contributed by atoms with Gasteiger partial charge in [-0.3, -0.25) is 9.59 Å². The van der Waals surface area contributed by atoms with Gasteiger partial charge in [0.15, 0.2) is 0 Å². The first-order chi connectivity index (χ1) is 11.5. The zero-order valence-electron chi connectivity index (χ0n) is 14.2.